The SMILES string of the molecule is c1ccc2c(c1)Oc1ccccc1C21c2ccccc2-c2c(-n3c4ccccc4c4cccc(-n5c6ccccc6c6c(-c7cccc8ccccc78)cccc65)c43)cccc21. The van der Waals surface area contributed by atoms with Gasteiger partial charge >= 0.3 is 0 Å². The van der Waals surface area contributed by atoms with Crippen molar-refractivity contribution in [3.63, 3.8) is 0 Å². The first-order valence-corrected chi connectivity index (χ1v) is 21.4. The minimum absolute atomic E-state index is 0.570. The van der Waals surface area contributed by atoms with Crippen LogP contribution in [0, 0.1) is 0 Å². The summed E-state index contributed by atoms with van der Waals surface area (Å²) in [7, 11) is 0. The zero-order valence-electron chi connectivity index (χ0n) is 33.6. The molecule has 0 unspecified atom stereocenters. The van der Waals surface area contributed by atoms with Crippen molar-refractivity contribution in [2.45, 2.75) is 5.41 Å². The normalized spacial score (nSPS) is 13.4. The Morgan fingerprint density at radius 1 is 0.323 bits per heavy atom. The Hall–Kier alpha value is -8.14. The van der Waals surface area contributed by atoms with Gasteiger partial charge in [0.25, 0.3) is 0 Å². The van der Waals surface area contributed by atoms with Gasteiger partial charge in [0.05, 0.1) is 38.9 Å². The van der Waals surface area contributed by atoms with Gasteiger partial charge in [-0.25, -0.2) is 0 Å². The molecule has 12 aromatic rings. The predicted molar refractivity (Wildman–Crippen MR) is 255 cm³/mol. The molecule has 1 aliphatic heterocycles. The third-order valence-electron chi connectivity index (χ3n) is 13.8. The molecule has 288 valence electrons. The zero-order valence-corrected chi connectivity index (χ0v) is 33.6. The lowest BCUT2D eigenvalue weighted by Crippen LogP contribution is -2.32. The van der Waals surface area contributed by atoms with Crippen molar-refractivity contribution in [2.24, 2.45) is 0 Å². The number of benzene rings is 10. The summed E-state index contributed by atoms with van der Waals surface area (Å²) < 4.78 is 11.8. The molecule has 14 rings (SSSR count). The van der Waals surface area contributed by atoms with Crippen LogP contribution in [-0.4, -0.2) is 9.13 Å². The van der Waals surface area contributed by atoms with E-state index in [1.54, 1.807) is 0 Å². The Bertz CT molecular complexity index is 3810. The molecule has 2 aliphatic rings. The van der Waals surface area contributed by atoms with Crippen molar-refractivity contribution in [3.8, 4) is 45.1 Å². The minimum atomic E-state index is -0.570. The van der Waals surface area contributed by atoms with E-state index in [9.17, 15) is 0 Å². The average Bonchev–Trinajstić information content (AvgIpc) is 3.96. The topological polar surface area (TPSA) is 19.1 Å². The van der Waals surface area contributed by atoms with Gasteiger partial charge in [-0.05, 0) is 81.1 Å². The van der Waals surface area contributed by atoms with Crippen LogP contribution in [0.5, 0.6) is 11.5 Å². The van der Waals surface area contributed by atoms with Crippen LogP contribution in [0.25, 0.3) is 88.0 Å². The van der Waals surface area contributed by atoms with Crippen LogP contribution < -0.4 is 4.74 Å². The van der Waals surface area contributed by atoms with E-state index in [0.29, 0.717) is 0 Å². The van der Waals surface area contributed by atoms with Gasteiger partial charge in [-0.3, -0.25) is 0 Å². The van der Waals surface area contributed by atoms with E-state index < -0.39 is 5.41 Å². The van der Waals surface area contributed by atoms with Gasteiger partial charge in [-0.15, -0.1) is 0 Å². The van der Waals surface area contributed by atoms with Crippen LogP contribution in [0.15, 0.2) is 218 Å². The maximum Gasteiger partial charge on any atom is 0.132 e. The summed E-state index contributed by atoms with van der Waals surface area (Å²) in [5.41, 5.74) is 16.3. The van der Waals surface area contributed by atoms with E-state index in [4.69, 9.17) is 4.74 Å². The maximum absolute atomic E-state index is 6.69. The molecule has 1 aliphatic carbocycles. The number of hydrogen-bond acceptors (Lipinski definition) is 1. The van der Waals surface area contributed by atoms with Crippen molar-refractivity contribution >= 4 is 54.4 Å². The molecule has 62 heavy (non-hydrogen) atoms. The van der Waals surface area contributed by atoms with Crippen LogP contribution >= 0.6 is 0 Å². The Morgan fingerprint density at radius 3 is 1.66 bits per heavy atom. The first-order valence-electron chi connectivity index (χ1n) is 21.4. The van der Waals surface area contributed by atoms with E-state index in [1.165, 1.54) is 87.8 Å². The molecule has 3 heteroatoms. The summed E-state index contributed by atoms with van der Waals surface area (Å²) in [5, 5.41) is 7.43. The summed E-state index contributed by atoms with van der Waals surface area (Å²) in [5.74, 6) is 1.79. The van der Waals surface area contributed by atoms with Gasteiger partial charge in [-0.2, -0.15) is 0 Å². The second-order valence-electron chi connectivity index (χ2n) is 16.7. The van der Waals surface area contributed by atoms with E-state index in [0.717, 1.165) is 34.0 Å². The standard InChI is InChI=1S/C59H36N2O/c1-2-19-38-37(17-1)18-13-23-39(38)41-24-14-32-51-56(41)44-22-5-10-31-50(44)60(51)53-34-15-25-42-40-20-4-9-30-49(40)61(58(42)53)52-33-16-29-48-57(52)43-21-3-6-26-45(43)59(48)46-27-7-11-35-54(46)62-55-36-12-8-28-47(55)59/h1-36H. The number of hydrogen-bond donors (Lipinski definition) is 0. The lowest BCUT2D eigenvalue weighted by atomic mass is 9.66. The fraction of sp³-hybridized carbons (Fsp3) is 0.0169. The molecule has 2 aromatic heterocycles. The van der Waals surface area contributed by atoms with Crippen molar-refractivity contribution in [3.05, 3.63) is 241 Å². The summed E-state index contributed by atoms with van der Waals surface area (Å²) in [6.45, 7) is 0. The lowest BCUT2D eigenvalue weighted by Gasteiger charge is -2.39. The molecule has 0 radical (unpaired) electrons. The summed E-state index contributed by atoms with van der Waals surface area (Å²) >= 11 is 0. The monoisotopic (exact) mass is 788 g/mol. The maximum atomic E-state index is 6.69. The molecule has 0 atom stereocenters. The fourth-order valence-electron chi connectivity index (χ4n) is 11.5. The third-order valence-corrected chi connectivity index (χ3v) is 13.8. The number of ether oxygens (including phenoxy) is 1. The highest BCUT2D eigenvalue weighted by molar-refractivity contribution is 6.20. The molecule has 0 saturated heterocycles. The Balaban J connectivity index is 1.11. The van der Waals surface area contributed by atoms with Crippen LogP contribution in [0.4, 0.5) is 0 Å². The molecule has 0 N–H and O–H groups in total. The van der Waals surface area contributed by atoms with Crippen molar-refractivity contribution in [2.75, 3.05) is 0 Å². The number of rotatable bonds is 3. The van der Waals surface area contributed by atoms with E-state index in [1.807, 2.05) is 0 Å². The molecule has 0 fully saturated rings. The highest BCUT2D eigenvalue weighted by atomic mass is 16.5. The van der Waals surface area contributed by atoms with E-state index in [2.05, 4.69) is 228 Å². The van der Waals surface area contributed by atoms with Gasteiger partial charge in [0, 0.05) is 38.2 Å². The second-order valence-corrected chi connectivity index (χ2v) is 16.7. The fourth-order valence-corrected chi connectivity index (χ4v) is 11.5. The van der Waals surface area contributed by atoms with E-state index >= 15 is 0 Å². The molecule has 0 amide bonds. The number of aromatic nitrogens is 2. The molecule has 3 heterocycles. The number of para-hydroxylation sites is 5. The summed E-state index contributed by atoms with van der Waals surface area (Å²) in [6.07, 6.45) is 0. The molecular formula is C59H36N2O. The van der Waals surface area contributed by atoms with Crippen molar-refractivity contribution in [1.82, 2.24) is 9.13 Å². The zero-order chi connectivity index (χ0) is 40.5. The first-order chi connectivity index (χ1) is 30.8. The van der Waals surface area contributed by atoms with Gasteiger partial charge in [-0.1, -0.05) is 176 Å². The van der Waals surface area contributed by atoms with Gasteiger partial charge in [0.1, 0.15) is 11.5 Å². The third kappa shape index (κ3) is 4.24. The van der Waals surface area contributed by atoms with Crippen LogP contribution in [0.3, 0.4) is 0 Å². The Kier molecular flexibility index (Phi) is 6.76. The Morgan fingerprint density at radius 2 is 0.839 bits per heavy atom. The van der Waals surface area contributed by atoms with Gasteiger partial charge < -0.3 is 13.9 Å². The van der Waals surface area contributed by atoms with Crippen LogP contribution in [0.1, 0.15) is 22.3 Å². The molecule has 3 nitrogen and oxygen atoms in total. The summed E-state index contributed by atoms with van der Waals surface area (Å²) in [4.78, 5) is 0. The van der Waals surface area contributed by atoms with Crippen molar-refractivity contribution < 1.29 is 4.74 Å². The highest BCUT2D eigenvalue weighted by Gasteiger charge is 2.51. The lowest BCUT2D eigenvalue weighted by molar-refractivity contribution is 0.436. The molecule has 0 saturated carbocycles. The predicted octanol–water partition coefficient (Wildman–Crippen LogP) is 15.2. The van der Waals surface area contributed by atoms with E-state index in [-0.39, 0.29) is 0 Å². The molecule has 0 bridgehead atoms. The Labute approximate surface area is 357 Å². The smallest absolute Gasteiger partial charge is 0.132 e. The number of fused-ring (bicyclic) bond motifs is 16. The minimum Gasteiger partial charge on any atom is -0.457 e. The van der Waals surface area contributed by atoms with Crippen LogP contribution in [-0.2, 0) is 5.41 Å². The largest absolute Gasteiger partial charge is 0.457 e. The quantitative estimate of drug-likeness (QED) is 0.174. The molecule has 10 aromatic carbocycles. The van der Waals surface area contributed by atoms with Gasteiger partial charge in [0.15, 0.2) is 0 Å². The highest BCUT2D eigenvalue weighted by Crippen LogP contribution is 2.63. The first kappa shape index (κ1) is 33.7. The summed E-state index contributed by atoms with van der Waals surface area (Å²) in [6, 6.07) is 80.2. The second kappa shape index (κ2) is 12.4. The molecule has 1 spiro atoms. The van der Waals surface area contributed by atoms with Gasteiger partial charge in [0.2, 0.25) is 0 Å². The number of nitrogens with zero attached hydrogens (tertiary/aromatic N) is 2. The van der Waals surface area contributed by atoms with Crippen molar-refractivity contribution in [1.29, 1.82) is 0 Å². The average molecular weight is 789 g/mol. The molecular weight excluding hydrogens is 753 g/mol. The van der Waals surface area contributed by atoms with Crippen LogP contribution in [0.2, 0.25) is 0 Å².